The second kappa shape index (κ2) is 36.3. The van der Waals surface area contributed by atoms with Crippen molar-refractivity contribution in [3.05, 3.63) is 202 Å². The summed E-state index contributed by atoms with van der Waals surface area (Å²) < 4.78 is 38.0. The van der Waals surface area contributed by atoms with Crippen LogP contribution in [0.15, 0.2) is 162 Å². The second-order valence-electron chi connectivity index (χ2n) is 23.3. The zero-order valence-corrected chi connectivity index (χ0v) is 61.1. The van der Waals surface area contributed by atoms with Gasteiger partial charge in [0.2, 0.25) is 0 Å². The van der Waals surface area contributed by atoms with Crippen LogP contribution in [-0.4, -0.2) is 56.8 Å². The summed E-state index contributed by atoms with van der Waals surface area (Å²) in [7, 11) is -2.94. The van der Waals surface area contributed by atoms with E-state index in [1.807, 2.05) is 123 Å². The number of halogens is 5. The van der Waals surface area contributed by atoms with E-state index < -0.39 is 10.2 Å². The fourth-order valence-electron chi connectivity index (χ4n) is 7.72. The van der Waals surface area contributed by atoms with E-state index in [-0.39, 0.29) is 66.7 Å². The Morgan fingerprint density at radius 1 is 0.420 bits per heavy atom. The van der Waals surface area contributed by atoms with Gasteiger partial charge in [-0.05, 0) is 141 Å². The average molecular weight is 1570 g/mol. The maximum absolute atomic E-state index is 13.6. The van der Waals surface area contributed by atoms with Gasteiger partial charge in [0, 0.05) is 80.7 Å². The molecule has 0 atom stereocenters. The van der Waals surface area contributed by atoms with Crippen molar-refractivity contribution in [2.45, 2.75) is 119 Å². The number of aliphatic hydroxyl groups excluding tert-OH is 2. The minimum atomic E-state index is -4.94. The first-order valence-electron chi connectivity index (χ1n) is 26.7. The molecule has 0 spiro atoms. The van der Waals surface area contributed by atoms with Gasteiger partial charge in [0.1, 0.15) is 0 Å². The molecule has 474 valence electrons. The zero-order chi connectivity index (χ0) is 65.1. The molecule has 0 unspecified atom stereocenters. The molecule has 15 nitrogen and oxygen atoms in total. The van der Waals surface area contributed by atoms with Crippen molar-refractivity contribution in [2.24, 2.45) is 9.98 Å². The van der Waals surface area contributed by atoms with Crippen molar-refractivity contribution < 1.29 is 82.9 Å². The first-order valence-corrected chi connectivity index (χ1v) is 31.1. The molecule has 0 aliphatic carbocycles. The molecule has 0 saturated heterocycles. The van der Waals surface area contributed by atoms with E-state index in [1.165, 1.54) is 0 Å². The fraction of sp³-hybridized carbons (Fsp3) is 0.303. The van der Waals surface area contributed by atoms with E-state index in [4.69, 9.17) is 44.2 Å². The number of aliphatic imine (C=N–C) groups is 2. The minimum absolute atomic E-state index is 0. The van der Waals surface area contributed by atoms with Gasteiger partial charge in [0.05, 0.1) is 22.8 Å². The number of rotatable bonds is 8. The van der Waals surface area contributed by atoms with Gasteiger partial charge in [-0.3, -0.25) is 29.9 Å². The van der Waals surface area contributed by atoms with Gasteiger partial charge >= 0.3 is 33.6 Å². The van der Waals surface area contributed by atoms with E-state index >= 15 is 0 Å². The van der Waals surface area contributed by atoms with Gasteiger partial charge in [-0.1, -0.05) is 207 Å². The van der Waals surface area contributed by atoms with E-state index in [0.717, 1.165) is 88.3 Å². The summed E-state index contributed by atoms with van der Waals surface area (Å²) in [6, 6.07) is 35.2. The average Bonchev–Trinajstić information content (AvgIpc) is 1.21. The second-order valence-corrected chi connectivity index (χ2v) is 27.7. The van der Waals surface area contributed by atoms with Crippen LogP contribution >= 0.6 is 63.7 Å². The number of hydrogen-bond acceptors (Lipinski definition) is 14. The van der Waals surface area contributed by atoms with E-state index in [1.54, 1.807) is 37.2 Å². The molecule has 8 aromatic rings. The third-order valence-corrected chi connectivity index (χ3v) is 14.2. The van der Waals surface area contributed by atoms with Crippen molar-refractivity contribution in [3.63, 3.8) is 0 Å². The van der Waals surface area contributed by atoms with Gasteiger partial charge < -0.3 is 25.7 Å². The van der Waals surface area contributed by atoms with Gasteiger partial charge in [-0.2, -0.15) is 0 Å². The zero-order valence-electron chi connectivity index (χ0n) is 51.9. The molecule has 88 heavy (non-hydrogen) atoms. The van der Waals surface area contributed by atoms with Crippen molar-refractivity contribution in [1.82, 2.24) is 19.9 Å². The maximum Gasteiger partial charge on any atom is 2.00 e. The number of hydrogen-bond donors (Lipinski definition) is 2. The molecule has 0 aliphatic rings. The fourth-order valence-corrected chi connectivity index (χ4v) is 9.06. The van der Waals surface area contributed by atoms with Crippen LogP contribution in [0.25, 0.3) is 28.1 Å². The van der Waals surface area contributed by atoms with Crippen molar-refractivity contribution in [2.75, 3.05) is 14.2 Å². The van der Waals surface area contributed by atoms with Crippen molar-refractivity contribution in [3.8, 4) is 34.3 Å². The Bertz CT molecular complexity index is 3270. The molecule has 8 rings (SSSR count). The van der Waals surface area contributed by atoms with Gasteiger partial charge in [-0.25, -0.2) is 18.6 Å². The number of benzene rings is 4. The molecule has 2 radical (unpaired) electrons. The van der Waals surface area contributed by atoms with E-state index in [2.05, 4.69) is 167 Å². The number of aliphatic hydroxyl groups is 2. The van der Waals surface area contributed by atoms with Crippen molar-refractivity contribution in [1.29, 1.82) is 0 Å². The number of aromatic nitrogens is 4. The molecular formula is C66H74Br4ClCo2N7O8. The molecule has 0 amide bonds. The molecule has 0 saturated carbocycles. The quantitative estimate of drug-likeness (QED) is 0.134. The van der Waals surface area contributed by atoms with Crippen LogP contribution in [0.5, 0.6) is 11.5 Å². The number of aryl methyl sites for hydroxylation is 2. The Balaban J connectivity index is 0.000000796. The maximum atomic E-state index is 13.6. The molecular weight excluding hydrogens is 1490 g/mol. The normalized spacial score (nSPS) is 11.3. The Morgan fingerprint density at radius 3 is 0.909 bits per heavy atom. The summed E-state index contributed by atoms with van der Waals surface area (Å²) in [6.07, 6.45) is 10.4. The van der Waals surface area contributed by atoms with Crippen LogP contribution < -0.4 is 28.8 Å². The Hall–Kier alpha value is -4.80. The third kappa shape index (κ3) is 27.0. The van der Waals surface area contributed by atoms with Gasteiger partial charge in [0.25, 0.3) is 0 Å². The van der Waals surface area contributed by atoms with E-state index in [9.17, 15) is 10.2 Å². The van der Waals surface area contributed by atoms with Gasteiger partial charge in [-0.15, -0.1) is 21.6 Å². The summed E-state index contributed by atoms with van der Waals surface area (Å²) >= 11 is 13.6. The van der Waals surface area contributed by atoms with Crippen LogP contribution in [0.2, 0.25) is 0 Å². The van der Waals surface area contributed by atoms with Gasteiger partial charge in [0.15, 0.2) is 0 Å². The summed E-state index contributed by atoms with van der Waals surface area (Å²) in [5.41, 5.74) is 12.2. The summed E-state index contributed by atoms with van der Waals surface area (Å²) in [5, 5.41) is 46.3. The van der Waals surface area contributed by atoms with Crippen molar-refractivity contribution >= 4 is 98.9 Å². The smallest absolute Gasteiger partial charge is 0.872 e. The number of nitrogens with zero attached hydrogens (tertiary/aromatic N) is 7. The predicted molar refractivity (Wildman–Crippen MR) is 348 cm³/mol. The molecule has 2 N–H and O–H groups in total. The topological polar surface area (TPSA) is 269 Å². The summed E-state index contributed by atoms with van der Waals surface area (Å²) in [6.45, 7) is 29.4. The van der Waals surface area contributed by atoms with Crippen LogP contribution in [0.3, 0.4) is 0 Å². The molecule has 0 aliphatic heterocycles. The minimum Gasteiger partial charge on any atom is -0.872 e. The van der Waals surface area contributed by atoms with E-state index in [0.29, 0.717) is 33.9 Å². The Morgan fingerprint density at radius 2 is 0.682 bits per heavy atom. The Kier molecular flexibility index (Phi) is 33.5. The summed E-state index contributed by atoms with van der Waals surface area (Å²) in [5.74, 6) is -0.0121. The van der Waals surface area contributed by atoms with Crippen LogP contribution in [0, 0.1) is 24.1 Å². The Labute approximate surface area is 575 Å². The third-order valence-electron chi connectivity index (χ3n) is 12.2. The predicted octanol–water partition coefficient (Wildman–Crippen LogP) is 13.3. The SMILES string of the molecule is Brc1ccnc(-c2cc(Br)ccn2)c1.Brc1ccnc(-c2cc(Br)ccn2)c1.CO.CO.Cc1ccc([N-]c2ccc(C)cc2N=Cc2cc(C(C)(C)C)cc(C(C)(C)C)c2[O-])c(N=Cc2cc(C(C)(C)C)cc(C(C)(C)C)c2[O-])c1.[Co+2].[Co+2].[O-][Cl+3]([O-])([O-])[O-]. The molecule has 4 aromatic heterocycles. The molecule has 22 heteroatoms. The molecule has 0 fully saturated rings. The monoisotopic (exact) mass is 1560 g/mol. The van der Waals surface area contributed by atoms with Crippen LogP contribution in [-0.2, 0) is 55.2 Å². The van der Waals surface area contributed by atoms with Crippen LogP contribution in [0.1, 0.15) is 128 Å². The first-order chi connectivity index (χ1) is 40.0. The molecule has 4 aromatic carbocycles. The molecule has 0 bridgehead atoms. The standard InChI is InChI=1S/C44H56N3O2.2C10H6Br2N2.2CH4O.ClHO4.2Co/c1-27-15-17-35(37(19-27)45-25-29-21-31(41(3,4)5)23-33(39(29)48)43(9,10)11)47-36-18-16-28(2)20-38(36)46-26-30-22-32(42(6,7)8)24-34(40(30)49)44(12,13)14;2*11-7-1-3-13-9(5-7)10-6-8(12)2-4-14-10;2*1-2;2-1(3,4)5;;/h15-26H,1-14H3,(H,45,48)(H,46,49);2*1-6H;2*2H,1H3;(H,2,3,4,5);;/q-1;;;;;;2*+2/p-3. The largest absolute Gasteiger partial charge is 2.00 e. The van der Waals surface area contributed by atoms with Crippen LogP contribution in [0.4, 0.5) is 22.7 Å². The summed E-state index contributed by atoms with van der Waals surface area (Å²) in [4.78, 5) is 26.7. The molecule has 4 heterocycles. The number of pyridine rings is 4. The first kappa shape index (κ1) is 81.2.